The van der Waals surface area contributed by atoms with Crippen molar-refractivity contribution in [1.82, 2.24) is 0 Å². The maximum Gasteiger partial charge on any atom is 0.0758 e. The van der Waals surface area contributed by atoms with Gasteiger partial charge in [-0.2, -0.15) is 0 Å². The van der Waals surface area contributed by atoms with E-state index in [1.165, 1.54) is 12.8 Å². The summed E-state index contributed by atoms with van der Waals surface area (Å²) in [5.74, 6) is 0. The van der Waals surface area contributed by atoms with Crippen LogP contribution in [-0.2, 0) is 0 Å². The molecule has 0 spiro atoms. The highest BCUT2D eigenvalue weighted by atomic mass is 16.3. The van der Waals surface area contributed by atoms with Crippen molar-refractivity contribution in [2.24, 2.45) is 0 Å². The zero-order chi connectivity index (χ0) is 18.6. The molecule has 25 heavy (non-hydrogen) atoms. The van der Waals surface area contributed by atoms with Gasteiger partial charge in [0.1, 0.15) is 0 Å². The van der Waals surface area contributed by atoms with Crippen molar-refractivity contribution in [2.75, 3.05) is 0 Å². The van der Waals surface area contributed by atoms with Crippen LogP contribution in [-0.4, -0.2) is 22.4 Å². The molecule has 0 radical (unpaired) electrons. The second kappa shape index (κ2) is 18.7. The Hall–Kier alpha value is -1.64. The second-order valence-electron chi connectivity index (χ2n) is 5.96. The van der Waals surface area contributed by atoms with Gasteiger partial charge in [-0.05, 0) is 32.1 Å². The van der Waals surface area contributed by atoms with Crippen molar-refractivity contribution >= 4 is 0 Å². The SMILES string of the molecule is CC/C=C\C[C@@H](O)\C=C/C=C/C=C/[C@H](O)C/C=C\C/C=C\CCCC. The highest BCUT2D eigenvalue weighted by Gasteiger charge is 1.93. The van der Waals surface area contributed by atoms with E-state index in [0.717, 1.165) is 19.3 Å². The van der Waals surface area contributed by atoms with Crippen molar-refractivity contribution in [2.45, 2.75) is 71.0 Å². The Kier molecular flexibility index (Phi) is 17.5. The Bertz CT molecular complexity index is 453. The summed E-state index contributed by atoms with van der Waals surface area (Å²) in [6.07, 6.45) is 29.4. The summed E-state index contributed by atoms with van der Waals surface area (Å²) in [7, 11) is 0. The van der Waals surface area contributed by atoms with Gasteiger partial charge in [0.15, 0.2) is 0 Å². The van der Waals surface area contributed by atoms with Crippen LogP contribution in [0.5, 0.6) is 0 Å². The quantitative estimate of drug-likeness (QED) is 0.237. The minimum atomic E-state index is -0.460. The molecule has 0 aliphatic heterocycles. The normalized spacial score (nSPS) is 15.8. The molecule has 0 rings (SSSR count). The third kappa shape index (κ3) is 18.5. The van der Waals surface area contributed by atoms with Gasteiger partial charge in [0.2, 0.25) is 0 Å². The van der Waals surface area contributed by atoms with Crippen LogP contribution in [0.1, 0.15) is 58.8 Å². The fourth-order valence-electron chi connectivity index (χ4n) is 2.02. The summed E-state index contributed by atoms with van der Waals surface area (Å²) in [5.41, 5.74) is 0. The zero-order valence-electron chi connectivity index (χ0n) is 15.9. The summed E-state index contributed by atoms with van der Waals surface area (Å²) in [6.45, 7) is 4.27. The smallest absolute Gasteiger partial charge is 0.0758 e. The van der Waals surface area contributed by atoms with Gasteiger partial charge in [-0.3, -0.25) is 0 Å². The second-order valence-corrected chi connectivity index (χ2v) is 5.96. The minimum Gasteiger partial charge on any atom is -0.389 e. The maximum atomic E-state index is 9.83. The molecule has 2 nitrogen and oxygen atoms in total. The number of aliphatic hydroxyl groups is 2. The molecule has 2 atom stereocenters. The van der Waals surface area contributed by atoms with Crippen LogP contribution in [0.2, 0.25) is 0 Å². The molecule has 0 aromatic carbocycles. The number of hydrogen-bond acceptors (Lipinski definition) is 2. The summed E-state index contributed by atoms with van der Waals surface area (Å²) < 4.78 is 0. The van der Waals surface area contributed by atoms with E-state index in [1.807, 2.05) is 42.5 Å². The Balaban J connectivity index is 3.85. The summed E-state index contributed by atoms with van der Waals surface area (Å²) in [4.78, 5) is 0. The van der Waals surface area contributed by atoms with Gasteiger partial charge in [0.25, 0.3) is 0 Å². The van der Waals surface area contributed by atoms with Crippen LogP contribution in [0.3, 0.4) is 0 Å². The molecule has 140 valence electrons. The van der Waals surface area contributed by atoms with Gasteiger partial charge in [0, 0.05) is 0 Å². The summed E-state index contributed by atoms with van der Waals surface area (Å²) in [5, 5.41) is 19.5. The monoisotopic (exact) mass is 344 g/mol. The first-order valence-corrected chi connectivity index (χ1v) is 9.53. The third-order valence-corrected chi connectivity index (χ3v) is 3.49. The van der Waals surface area contributed by atoms with Crippen LogP contribution in [0.25, 0.3) is 0 Å². The van der Waals surface area contributed by atoms with Crippen LogP contribution < -0.4 is 0 Å². The number of allylic oxidation sites excluding steroid dienone is 8. The van der Waals surface area contributed by atoms with E-state index >= 15 is 0 Å². The van der Waals surface area contributed by atoms with Crippen molar-refractivity contribution in [1.29, 1.82) is 0 Å². The lowest BCUT2D eigenvalue weighted by atomic mass is 10.2. The van der Waals surface area contributed by atoms with E-state index in [1.54, 1.807) is 12.2 Å². The van der Waals surface area contributed by atoms with E-state index in [9.17, 15) is 10.2 Å². The average molecular weight is 345 g/mol. The molecule has 0 aromatic rings. The number of unbranched alkanes of at least 4 members (excludes halogenated alkanes) is 2. The van der Waals surface area contributed by atoms with Gasteiger partial charge < -0.3 is 10.2 Å². The number of hydrogen-bond donors (Lipinski definition) is 2. The summed E-state index contributed by atoms with van der Waals surface area (Å²) >= 11 is 0. The molecule has 2 N–H and O–H groups in total. The first-order chi connectivity index (χ1) is 12.2. The first kappa shape index (κ1) is 23.4. The Morgan fingerprint density at radius 2 is 1.24 bits per heavy atom. The standard InChI is InChI=1S/C23H36O2/c1-3-5-7-8-9-10-11-15-19-23(25)21-17-13-12-16-20-22(24)18-14-6-4-2/h6,8-9,11-17,20-25H,3-5,7,10,18-19H2,1-2H3/b9-8-,13-12+,14-6-,15-11-,20-16-,21-17+/t22-,23-/m1/s1. The van der Waals surface area contributed by atoms with E-state index < -0.39 is 12.2 Å². The van der Waals surface area contributed by atoms with Crippen LogP contribution in [0.15, 0.2) is 72.9 Å². The molecule has 0 aliphatic carbocycles. The van der Waals surface area contributed by atoms with Gasteiger partial charge in [-0.25, -0.2) is 0 Å². The van der Waals surface area contributed by atoms with Crippen molar-refractivity contribution < 1.29 is 10.2 Å². The molecule has 2 heteroatoms. The van der Waals surface area contributed by atoms with Crippen molar-refractivity contribution in [3.8, 4) is 0 Å². The maximum absolute atomic E-state index is 9.83. The number of rotatable bonds is 14. The van der Waals surface area contributed by atoms with E-state index in [4.69, 9.17) is 0 Å². The molecular weight excluding hydrogens is 308 g/mol. The van der Waals surface area contributed by atoms with E-state index in [-0.39, 0.29) is 0 Å². The first-order valence-electron chi connectivity index (χ1n) is 9.53. The lowest BCUT2D eigenvalue weighted by Gasteiger charge is -1.99. The average Bonchev–Trinajstić information content (AvgIpc) is 2.60. The molecule has 0 aromatic heterocycles. The van der Waals surface area contributed by atoms with E-state index in [2.05, 4.69) is 32.1 Å². The largest absolute Gasteiger partial charge is 0.389 e. The van der Waals surface area contributed by atoms with Crippen LogP contribution >= 0.6 is 0 Å². The number of aliphatic hydroxyl groups excluding tert-OH is 2. The molecule has 0 saturated heterocycles. The van der Waals surface area contributed by atoms with Crippen molar-refractivity contribution in [3.63, 3.8) is 0 Å². The van der Waals surface area contributed by atoms with Gasteiger partial charge in [-0.1, -0.05) is 99.6 Å². The molecule has 0 saturated carbocycles. The lowest BCUT2D eigenvalue weighted by molar-refractivity contribution is 0.226. The Labute approximate surface area is 154 Å². The van der Waals surface area contributed by atoms with Gasteiger partial charge in [-0.15, -0.1) is 0 Å². The predicted molar refractivity (Wildman–Crippen MR) is 111 cm³/mol. The Morgan fingerprint density at radius 1 is 0.680 bits per heavy atom. The molecule has 0 unspecified atom stereocenters. The minimum absolute atomic E-state index is 0.442. The van der Waals surface area contributed by atoms with Gasteiger partial charge in [0.05, 0.1) is 12.2 Å². The molecule has 0 amide bonds. The fourth-order valence-corrected chi connectivity index (χ4v) is 2.02. The van der Waals surface area contributed by atoms with Crippen LogP contribution in [0.4, 0.5) is 0 Å². The Morgan fingerprint density at radius 3 is 1.80 bits per heavy atom. The molecule has 0 bridgehead atoms. The topological polar surface area (TPSA) is 40.5 Å². The third-order valence-electron chi connectivity index (χ3n) is 3.49. The highest BCUT2D eigenvalue weighted by Crippen LogP contribution is 2.00. The lowest BCUT2D eigenvalue weighted by Crippen LogP contribution is -1.98. The van der Waals surface area contributed by atoms with Gasteiger partial charge >= 0.3 is 0 Å². The predicted octanol–water partition coefficient (Wildman–Crippen LogP) is 5.82. The van der Waals surface area contributed by atoms with E-state index in [0.29, 0.717) is 12.8 Å². The van der Waals surface area contributed by atoms with Crippen molar-refractivity contribution in [3.05, 3.63) is 72.9 Å². The van der Waals surface area contributed by atoms with Crippen LogP contribution in [0, 0.1) is 0 Å². The highest BCUT2D eigenvalue weighted by molar-refractivity contribution is 5.13. The fraction of sp³-hybridized carbons (Fsp3) is 0.478. The molecular formula is C23H36O2. The molecule has 0 fully saturated rings. The molecule has 0 aliphatic rings. The zero-order valence-corrected chi connectivity index (χ0v) is 15.9. The molecule has 0 heterocycles. The summed E-state index contributed by atoms with van der Waals surface area (Å²) in [6, 6.07) is 0.